The van der Waals surface area contributed by atoms with E-state index in [0.717, 1.165) is 0 Å². The summed E-state index contributed by atoms with van der Waals surface area (Å²) in [5, 5.41) is 20.7. The molecule has 1 aromatic carbocycles. The molecule has 2 aromatic rings. The average Bonchev–Trinajstić information content (AvgIpc) is 2.48. The molecule has 0 atom stereocenters. The van der Waals surface area contributed by atoms with E-state index in [-0.39, 0.29) is 17.4 Å². The minimum absolute atomic E-state index is 0.0902. The Morgan fingerprint density at radius 2 is 2.14 bits per heavy atom. The van der Waals surface area contributed by atoms with Gasteiger partial charge in [0.15, 0.2) is 0 Å². The molecule has 3 N–H and O–H groups in total. The molecule has 0 aliphatic rings. The van der Waals surface area contributed by atoms with Gasteiger partial charge < -0.3 is 15.5 Å². The molecule has 0 fully saturated rings. The summed E-state index contributed by atoms with van der Waals surface area (Å²) < 4.78 is 0. The van der Waals surface area contributed by atoms with E-state index >= 15 is 0 Å². The third kappa shape index (κ3) is 3.96. The summed E-state index contributed by atoms with van der Waals surface area (Å²) in [6.45, 7) is -0.260. The number of amides is 1. The highest BCUT2D eigenvalue weighted by Gasteiger charge is 2.09. The number of aromatic hydroxyl groups is 1. The highest BCUT2D eigenvalue weighted by Crippen LogP contribution is 2.23. The van der Waals surface area contributed by atoms with Gasteiger partial charge in [-0.1, -0.05) is 23.6 Å². The molecule has 0 bridgehead atoms. The molecule has 0 saturated heterocycles. The summed E-state index contributed by atoms with van der Waals surface area (Å²) in [5.41, 5.74) is 0.733. The zero-order valence-corrected chi connectivity index (χ0v) is 11.6. The summed E-state index contributed by atoms with van der Waals surface area (Å²) in [7, 11) is 0. The van der Waals surface area contributed by atoms with Gasteiger partial charge in [-0.15, -0.1) is 0 Å². The van der Waals surface area contributed by atoms with Crippen LogP contribution in [0, 0.1) is 11.8 Å². The van der Waals surface area contributed by atoms with Crippen molar-refractivity contribution < 1.29 is 15.0 Å². The number of pyridine rings is 1. The Bertz CT molecular complexity index is 735. The van der Waals surface area contributed by atoms with Crippen LogP contribution < -0.4 is 5.32 Å². The largest absolute Gasteiger partial charge is 0.506 e. The number of anilines is 1. The van der Waals surface area contributed by atoms with Crippen LogP contribution in [-0.4, -0.2) is 27.7 Å². The zero-order chi connectivity index (χ0) is 15.2. The fraction of sp³-hybridized carbons (Fsp3) is 0.0667. The van der Waals surface area contributed by atoms with E-state index in [1.54, 1.807) is 18.2 Å². The minimum atomic E-state index is -0.406. The maximum Gasteiger partial charge on any atom is 0.256 e. The molecular weight excluding hydrogens is 292 g/mol. The van der Waals surface area contributed by atoms with Crippen molar-refractivity contribution in [3.8, 4) is 17.6 Å². The molecular formula is C15H11ClN2O3. The van der Waals surface area contributed by atoms with Gasteiger partial charge in [0.25, 0.3) is 5.91 Å². The van der Waals surface area contributed by atoms with Crippen molar-refractivity contribution in [1.29, 1.82) is 0 Å². The summed E-state index contributed by atoms with van der Waals surface area (Å²) in [4.78, 5) is 16.2. The molecule has 1 amide bonds. The number of aliphatic hydroxyl groups excluding tert-OH is 1. The van der Waals surface area contributed by atoms with Gasteiger partial charge in [0.05, 0.1) is 5.02 Å². The van der Waals surface area contributed by atoms with E-state index in [1.165, 1.54) is 18.2 Å². The number of aromatic nitrogens is 1. The lowest BCUT2D eigenvalue weighted by Crippen LogP contribution is -2.13. The molecule has 21 heavy (non-hydrogen) atoms. The van der Waals surface area contributed by atoms with Crippen LogP contribution in [-0.2, 0) is 0 Å². The molecule has 0 unspecified atom stereocenters. The molecule has 0 aliphatic heterocycles. The first-order valence-electron chi connectivity index (χ1n) is 5.97. The lowest BCUT2D eigenvalue weighted by Gasteiger charge is -2.05. The Hall–Kier alpha value is -2.55. The molecule has 0 radical (unpaired) electrons. The van der Waals surface area contributed by atoms with E-state index in [4.69, 9.17) is 16.7 Å². The Kier molecular flexibility index (Phi) is 4.77. The molecule has 6 heteroatoms. The highest BCUT2D eigenvalue weighted by molar-refractivity contribution is 6.32. The standard InChI is InChI=1S/C15H11ClN2O3/c16-12-9-10(6-7-13(12)20)15(21)18-14-5-1-3-11(17-14)4-2-8-19/h1,3,5-7,9,19-20H,8H2,(H,17,18,21). The predicted octanol–water partition coefficient (Wildman–Crippen LogP) is 2.04. The third-order valence-electron chi connectivity index (χ3n) is 2.50. The molecule has 0 spiro atoms. The van der Waals surface area contributed by atoms with Crippen molar-refractivity contribution in [2.24, 2.45) is 0 Å². The first-order chi connectivity index (χ1) is 10.1. The van der Waals surface area contributed by atoms with Crippen LogP contribution in [0.5, 0.6) is 5.75 Å². The number of benzene rings is 1. The van der Waals surface area contributed by atoms with E-state index < -0.39 is 5.91 Å². The van der Waals surface area contributed by atoms with Crippen molar-refractivity contribution in [3.63, 3.8) is 0 Å². The number of nitrogens with zero attached hydrogens (tertiary/aromatic N) is 1. The fourth-order valence-electron chi connectivity index (χ4n) is 1.54. The normalized spacial score (nSPS) is 9.62. The highest BCUT2D eigenvalue weighted by atomic mass is 35.5. The van der Waals surface area contributed by atoms with Crippen molar-refractivity contribution in [2.75, 3.05) is 11.9 Å². The molecule has 0 aliphatic carbocycles. The van der Waals surface area contributed by atoms with Gasteiger partial charge in [-0.2, -0.15) is 0 Å². The molecule has 5 nitrogen and oxygen atoms in total. The summed E-state index contributed by atoms with van der Waals surface area (Å²) >= 11 is 5.76. The predicted molar refractivity (Wildman–Crippen MR) is 79.3 cm³/mol. The number of phenolic OH excluding ortho intramolecular Hbond substituents is 1. The van der Waals surface area contributed by atoms with E-state index in [0.29, 0.717) is 17.1 Å². The van der Waals surface area contributed by atoms with Crippen molar-refractivity contribution in [1.82, 2.24) is 4.98 Å². The van der Waals surface area contributed by atoms with Gasteiger partial charge in [0.2, 0.25) is 0 Å². The second-order valence-corrected chi connectivity index (χ2v) is 4.40. The quantitative estimate of drug-likeness (QED) is 0.741. The third-order valence-corrected chi connectivity index (χ3v) is 2.80. The lowest BCUT2D eigenvalue weighted by molar-refractivity contribution is 0.102. The summed E-state index contributed by atoms with van der Waals surface area (Å²) in [6.07, 6.45) is 0. The van der Waals surface area contributed by atoms with Crippen LogP contribution in [0.2, 0.25) is 5.02 Å². The number of hydrogen-bond donors (Lipinski definition) is 3. The maximum atomic E-state index is 12.0. The Morgan fingerprint density at radius 1 is 1.33 bits per heavy atom. The molecule has 1 heterocycles. The molecule has 2 rings (SSSR count). The number of carbonyl (C=O) groups excluding carboxylic acids is 1. The maximum absolute atomic E-state index is 12.0. The van der Waals surface area contributed by atoms with E-state index in [2.05, 4.69) is 22.1 Å². The topological polar surface area (TPSA) is 82.5 Å². The second kappa shape index (κ2) is 6.75. The first-order valence-corrected chi connectivity index (χ1v) is 6.34. The van der Waals surface area contributed by atoms with Crippen molar-refractivity contribution >= 4 is 23.3 Å². The second-order valence-electron chi connectivity index (χ2n) is 3.99. The van der Waals surface area contributed by atoms with Gasteiger partial charge in [0, 0.05) is 5.56 Å². The summed E-state index contributed by atoms with van der Waals surface area (Å²) in [5.74, 6) is 4.96. The Morgan fingerprint density at radius 3 is 2.86 bits per heavy atom. The number of nitrogens with one attached hydrogen (secondary N) is 1. The van der Waals surface area contributed by atoms with Crippen LogP contribution in [0.25, 0.3) is 0 Å². The number of hydrogen-bond acceptors (Lipinski definition) is 4. The number of aliphatic hydroxyl groups is 1. The Labute approximate surface area is 126 Å². The number of phenols is 1. The van der Waals surface area contributed by atoms with Crippen LogP contribution in [0.4, 0.5) is 5.82 Å². The van der Waals surface area contributed by atoms with Gasteiger partial charge in [-0.25, -0.2) is 4.98 Å². The molecule has 1 aromatic heterocycles. The van der Waals surface area contributed by atoms with Crippen molar-refractivity contribution in [2.45, 2.75) is 0 Å². The van der Waals surface area contributed by atoms with E-state index in [9.17, 15) is 9.90 Å². The smallest absolute Gasteiger partial charge is 0.256 e. The minimum Gasteiger partial charge on any atom is -0.506 e. The van der Waals surface area contributed by atoms with Crippen LogP contribution >= 0.6 is 11.6 Å². The monoisotopic (exact) mass is 302 g/mol. The SMILES string of the molecule is O=C(Nc1cccc(C#CCO)n1)c1ccc(O)c(Cl)c1. The van der Waals surface area contributed by atoms with Gasteiger partial charge >= 0.3 is 0 Å². The zero-order valence-electron chi connectivity index (χ0n) is 10.8. The number of halogens is 1. The fourth-order valence-corrected chi connectivity index (χ4v) is 1.72. The molecule has 106 valence electrons. The molecule has 0 saturated carbocycles. The lowest BCUT2D eigenvalue weighted by atomic mass is 10.2. The van der Waals surface area contributed by atoms with Crippen molar-refractivity contribution in [3.05, 3.63) is 52.7 Å². The number of carbonyl (C=O) groups is 1. The summed E-state index contributed by atoms with van der Waals surface area (Å²) in [6, 6.07) is 9.12. The van der Waals surface area contributed by atoms with Crippen LogP contribution in [0.15, 0.2) is 36.4 Å². The first kappa shape index (κ1) is 14.9. The van der Waals surface area contributed by atoms with Crippen LogP contribution in [0.3, 0.4) is 0 Å². The van der Waals surface area contributed by atoms with Gasteiger partial charge in [-0.05, 0) is 36.3 Å². The Balaban J connectivity index is 2.17. The van der Waals surface area contributed by atoms with Crippen LogP contribution in [0.1, 0.15) is 16.1 Å². The average molecular weight is 303 g/mol. The van der Waals surface area contributed by atoms with E-state index in [1.807, 2.05) is 0 Å². The van der Waals surface area contributed by atoms with Gasteiger partial charge in [-0.3, -0.25) is 4.79 Å². The van der Waals surface area contributed by atoms with Gasteiger partial charge in [0.1, 0.15) is 23.9 Å². The number of rotatable bonds is 2.